The Morgan fingerprint density at radius 3 is 2.05 bits per heavy atom. The van der Waals surface area contributed by atoms with Crippen molar-refractivity contribution in [2.24, 2.45) is 0 Å². The van der Waals surface area contributed by atoms with Crippen LogP contribution in [-0.2, 0) is 0 Å². The molecular weight excluding hydrogens is 232 g/mol. The molecule has 100 valence electrons. The van der Waals surface area contributed by atoms with E-state index in [2.05, 4.69) is 39.0 Å². The van der Waals surface area contributed by atoms with Crippen molar-refractivity contribution in [2.75, 3.05) is 0 Å². The van der Waals surface area contributed by atoms with E-state index in [1.54, 1.807) is 0 Å². The Balaban J connectivity index is 0.00000180. The zero-order chi connectivity index (χ0) is 13.3. The molecule has 2 aromatic carbocycles. The molecule has 0 atom stereocenters. The van der Waals surface area contributed by atoms with Gasteiger partial charge in [0.15, 0.2) is 0 Å². The first kappa shape index (κ1) is 15.2. The molecule has 2 rings (SSSR count). The minimum atomic E-state index is 0. The Bertz CT molecular complexity index is 609. The predicted octanol–water partition coefficient (Wildman–Crippen LogP) is 5.04. The Kier molecular flexibility index (Phi) is 4.66. The smallest absolute Gasteiger partial charge is 0.150 e. The van der Waals surface area contributed by atoms with Gasteiger partial charge in [-0.25, -0.2) is 0 Å². The molecule has 0 unspecified atom stereocenters. The van der Waals surface area contributed by atoms with E-state index >= 15 is 0 Å². The van der Waals surface area contributed by atoms with Gasteiger partial charge in [-0.2, -0.15) is 0 Å². The largest absolute Gasteiger partial charge is 0.298 e. The van der Waals surface area contributed by atoms with Gasteiger partial charge < -0.3 is 0 Å². The molecule has 0 aliphatic heterocycles. The van der Waals surface area contributed by atoms with Crippen LogP contribution >= 0.6 is 0 Å². The van der Waals surface area contributed by atoms with Crippen molar-refractivity contribution >= 4 is 6.29 Å². The van der Waals surface area contributed by atoms with Crippen molar-refractivity contribution in [3.05, 3.63) is 58.1 Å². The lowest BCUT2D eigenvalue weighted by molar-refractivity contribution is 0.112. The van der Waals surface area contributed by atoms with E-state index in [0.29, 0.717) is 0 Å². The monoisotopic (exact) mass is 254 g/mol. The van der Waals surface area contributed by atoms with Gasteiger partial charge in [0.05, 0.1) is 0 Å². The molecule has 0 heterocycles. The van der Waals surface area contributed by atoms with Gasteiger partial charge in [-0.1, -0.05) is 25.6 Å². The summed E-state index contributed by atoms with van der Waals surface area (Å²) in [4.78, 5) is 10.9. The lowest BCUT2D eigenvalue weighted by Crippen LogP contribution is -1.91. The van der Waals surface area contributed by atoms with Gasteiger partial charge in [-0.3, -0.25) is 4.79 Å². The second kappa shape index (κ2) is 5.83. The van der Waals surface area contributed by atoms with Crippen molar-refractivity contribution in [1.82, 2.24) is 0 Å². The highest BCUT2D eigenvalue weighted by Crippen LogP contribution is 2.27. The molecule has 0 N–H and O–H groups in total. The molecule has 2 aromatic rings. The van der Waals surface area contributed by atoms with Crippen LogP contribution in [0.25, 0.3) is 11.1 Å². The average Bonchev–Trinajstić information content (AvgIpc) is 2.33. The van der Waals surface area contributed by atoms with Crippen LogP contribution in [0.4, 0.5) is 0 Å². The number of carbonyl (C=O) groups excluding carboxylic acids is 1. The van der Waals surface area contributed by atoms with E-state index in [4.69, 9.17) is 0 Å². The summed E-state index contributed by atoms with van der Waals surface area (Å²) < 4.78 is 0. The van der Waals surface area contributed by atoms with Crippen molar-refractivity contribution < 1.29 is 4.79 Å². The first-order valence-electron chi connectivity index (χ1n) is 6.16. The lowest BCUT2D eigenvalue weighted by Gasteiger charge is -2.11. The third kappa shape index (κ3) is 3.11. The van der Waals surface area contributed by atoms with E-state index in [9.17, 15) is 4.79 Å². The summed E-state index contributed by atoms with van der Waals surface area (Å²) in [6, 6.07) is 10.4. The molecule has 0 amide bonds. The van der Waals surface area contributed by atoms with Crippen molar-refractivity contribution in [3.8, 4) is 11.1 Å². The zero-order valence-corrected chi connectivity index (χ0v) is 11.4. The maximum absolute atomic E-state index is 10.9. The Morgan fingerprint density at radius 1 is 0.789 bits per heavy atom. The van der Waals surface area contributed by atoms with Crippen molar-refractivity contribution in [1.29, 1.82) is 0 Å². The van der Waals surface area contributed by atoms with Gasteiger partial charge in [0, 0.05) is 5.56 Å². The molecule has 0 radical (unpaired) electrons. The number of hydrogen-bond acceptors (Lipinski definition) is 1. The van der Waals surface area contributed by atoms with Gasteiger partial charge in [0.1, 0.15) is 6.29 Å². The first-order chi connectivity index (χ1) is 8.51. The number of rotatable bonds is 2. The van der Waals surface area contributed by atoms with Crippen LogP contribution < -0.4 is 0 Å². The van der Waals surface area contributed by atoms with Crippen LogP contribution in [-0.4, -0.2) is 6.29 Å². The molecule has 0 saturated carbocycles. The Morgan fingerprint density at radius 2 is 1.42 bits per heavy atom. The molecular formula is C18H22O. The van der Waals surface area contributed by atoms with Gasteiger partial charge in [-0.15, -0.1) is 0 Å². The molecule has 0 aliphatic rings. The SMILES string of the molecule is C.Cc1cc(C=O)cc(-c2cc(C)c(C)cc2C)c1. The normalized spacial score (nSPS) is 9.89. The number of benzene rings is 2. The summed E-state index contributed by atoms with van der Waals surface area (Å²) in [5, 5.41) is 0. The van der Waals surface area contributed by atoms with E-state index < -0.39 is 0 Å². The topological polar surface area (TPSA) is 17.1 Å². The molecule has 0 aliphatic carbocycles. The second-order valence-electron chi connectivity index (χ2n) is 5.00. The number of aldehydes is 1. The average molecular weight is 254 g/mol. The van der Waals surface area contributed by atoms with E-state index in [1.165, 1.54) is 22.3 Å². The minimum Gasteiger partial charge on any atom is -0.298 e. The molecule has 0 spiro atoms. The van der Waals surface area contributed by atoms with Crippen LogP contribution in [0, 0.1) is 27.7 Å². The fraction of sp³-hybridized carbons (Fsp3) is 0.278. The Labute approximate surface area is 116 Å². The van der Waals surface area contributed by atoms with Gasteiger partial charge >= 0.3 is 0 Å². The fourth-order valence-corrected chi connectivity index (χ4v) is 2.31. The van der Waals surface area contributed by atoms with E-state index in [0.717, 1.165) is 23.0 Å². The summed E-state index contributed by atoms with van der Waals surface area (Å²) in [6.07, 6.45) is 0.910. The van der Waals surface area contributed by atoms with Gasteiger partial charge in [0.2, 0.25) is 0 Å². The van der Waals surface area contributed by atoms with Crippen LogP contribution in [0.5, 0.6) is 0 Å². The molecule has 0 fully saturated rings. The third-order valence-electron chi connectivity index (χ3n) is 3.39. The van der Waals surface area contributed by atoms with Gasteiger partial charge in [-0.05, 0) is 73.2 Å². The highest BCUT2D eigenvalue weighted by Gasteiger charge is 2.06. The molecule has 19 heavy (non-hydrogen) atoms. The zero-order valence-electron chi connectivity index (χ0n) is 11.4. The molecule has 0 saturated heterocycles. The maximum Gasteiger partial charge on any atom is 0.150 e. The van der Waals surface area contributed by atoms with E-state index in [1.807, 2.05) is 19.1 Å². The summed E-state index contributed by atoms with van der Waals surface area (Å²) >= 11 is 0. The summed E-state index contributed by atoms with van der Waals surface area (Å²) in [6.45, 7) is 8.38. The Hall–Kier alpha value is -1.89. The highest BCUT2D eigenvalue weighted by molar-refractivity contribution is 5.80. The summed E-state index contributed by atoms with van der Waals surface area (Å²) in [5.74, 6) is 0. The molecule has 1 nitrogen and oxygen atoms in total. The molecule has 0 aromatic heterocycles. The van der Waals surface area contributed by atoms with E-state index in [-0.39, 0.29) is 7.43 Å². The van der Waals surface area contributed by atoms with Crippen LogP contribution in [0.1, 0.15) is 40.0 Å². The first-order valence-corrected chi connectivity index (χ1v) is 6.16. The minimum absolute atomic E-state index is 0. The van der Waals surface area contributed by atoms with Crippen molar-refractivity contribution in [3.63, 3.8) is 0 Å². The van der Waals surface area contributed by atoms with Crippen molar-refractivity contribution in [2.45, 2.75) is 35.1 Å². The van der Waals surface area contributed by atoms with Gasteiger partial charge in [0.25, 0.3) is 0 Å². The van der Waals surface area contributed by atoms with Crippen LogP contribution in [0.3, 0.4) is 0 Å². The standard InChI is InChI=1S/C17H18O.CH4/c1-11-5-15(10-18)9-16(6-11)17-8-13(3)12(2)7-14(17)4;/h5-10H,1-4H3;1H4. The maximum atomic E-state index is 10.9. The third-order valence-corrected chi connectivity index (χ3v) is 3.39. The number of carbonyl (C=O) groups is 1. The number of hydrogen-bond donors (Lipinski definition) is 0. The number of aryl methyl sites for hydroxylation is 4. The quantitative estimate of drug-likeness (QED) is 0.686. The molecule has 1 heteroatoms. The predicted molar refractivity (Wildman–Crippen MR) is 82.9 cm³/mol. The summed E-state index contributed by atoms with van der Waals surface area (Å²) in [5.41, 5.74) is 8.03. The molecule has 0 bridgehead atoms. The summed E-state index contributed by atoms with van der Waals surface area (Å²) in [7, 11) is 0. The second-order valence-corrected chi connectivity index (χ2v) is 5.00. The highest BCUT2D eigenvalue weighted by atomic mass is 16.1. The van der Waals surface area contributed by atoms with Crippen LogP contribution in [0.2, 0.25) is 0 Å². The fourth-order valence-electron chi connectivity index (χ4n) is 2.31. The lowest BCUT2D eigenvalue weighted by atomic mass is 9.93. The van der Waals surface area contributed by atoms with Crippen LogP contribution in [0.15, 0.2) is 30.3 Å².